The summed E-state index contributed by atoms with van der Waals surface area (Å²) in [4.78, 5) is 6.99. The molecule has 2 heterocycles. The Morgan fingerprint density at radius 3 is 3.05 bits per heavy atom. The van der Waals surface area contributed by atoms with Crippen molar-refractivity contribution < 1.29 is 0 Å². The first-order chi connectivity index (χ1) is 10.1. The van der Waals surface area contributed by atoms with Crippen LogP contribution in [0, 0.1) is 0 Å². The van der Waals surface area contributed by atoms with E-state index in [0.717, 1.165) is 31.6 Å². The lowest BCUT2D eigenvalue weighted by atomic mass is 9.93. The molecular formula is C18H25N3. The molecule has 0 spiro atoms. The summed E-state index contributed by atoms with van der Waals surface area (Å²) in [5.41, 5.74) is 2.70. The minimum Gasteiger partial charge on any atom is -0.309 e. The van der Waals surface area contributed by atoms with E-state index in [0.29, 0.717) is 6.04 Å². The lowest BCUT2D eigenvalue weighted by Crippen LogP contribution is -2.61. The summed E-state index contributed by atoms with van der Waals surface area (Å²) in [5.74, 6) is 0. The molecule has 0 aliphatic carbocycles. The highest BCUT2D eigenvalue weighted by Crippen LogP contribution is 2.22. The molecule has 3 heteroatoms. The largest absolute Gasteiger partial charge is 0.309 e. The van der Waals surface area contributed by atoms with E-state index in [-0.39, 0.29) is 5.54 Å². The monoisotopic (exact) mass is 283 g/mol. The summed E-state index contributed by atoms with van der Waals surface area (Å²) < 4.78 is 0. The summed E-state index contributed by atoms with van der Waals surface area (Å²) in [5, 5.41) is 4.92. The molecule has 1 aromatic heterocycles. The fraction of sp³-hybridized carbons (Fsp3) is 0.500. The van der Waals surface area contributed by atoms with Crippen LogP contribution in [0.2, 0.25) is 0 Å². The van der Waals surface area contributed by atoms with Crippen molar-refractivity contribution in [2.24, 2.45) is 0 Å². The molecule has 1 fully saturated rings. The first-order valence-corrected chi connectivity index (χ1v) is 7.92. The molecule has 3 rings (SSSR count). The second kappa shape index (κ2) is 5.74. The third kappa shape index (κ3) is 3.09. The maximum absolute atomic E-state index is 4.40. The summed E-state index contributed by atoms with van der Waals surface area (Å²) in [6.45, 7) is 10.1. The highest BCUT2D eigenvalue weighted by Gasteiger charge is 2.32. The third-order valence-corrected chi connectivity index (χ3v) is 4.83. The van der Waals surface area contributed by atoms with Crippen LogP contribution >= 0.6 is 0 Å². The molecule has 0 saturated carbocycles. The fourth-order valence-electron chi connectivity index (χ4n) is 3.09. The Morgan fingerprint density at radius 1 is 1.38 bits per heavy atom. The van der Waals surface area contributed by atoms with Crippen molar-refractivity contribution in [3.05, 3.63) is 42.1 Å². The van der Waals surface area contributed by atoms with Crippen LogP contribution in [0.15, 0.2) is 36.5 Å². The topological polar surface area (TPSA) is 28.2 Å². The van der Waals surface area contributed by atoms with Gasteiger partial charge in [0.1, 0.15) is 0 Å². The molecule has 1 aromatic carbocycles. The molecule has 0 bridgehead atoms. The average molecular weight is 283 g/mol. The Morgan fingerprint density at radius 2 is 2.24 bits per heavy atom. The molecule has 0 amide bonds. The van der Waals surface area contributed by atoms with Crippen molar-refractivity contribution in [2.45, 2.75) is 45.3 Å². The van der Waals surface area contributed by atoms with Crippen LogP contribution in [-0.4, -0.2) is 34.6 Å². The number of aromatic nitrogens is 1. The molecular weight excluding hydrogens is 258 g/mol. The second-order valence-electron chi connectivity index (χ2n) is 6.58. The van der Waals surface area contributed by atoms with Gasteiger partial charge in [-0.25, -0.2) is 0 Å². The minimum atomic E-state index is 0.241. The number of benzene rings is 1. The number of hydrogen-bond donors (Lipinski definition) is 1. The van der Waals surface area contributed by atoms with Crippen molar-refractivity contribution >= 4 is 10.9 Å². The molecule has 1 aliphatic rings. The van der Waals surface area contributed by atoms with Gasteiger partial charge >= 0.3 is 0 Å². The zero-order chi connectivity index (χ0) is 14.9. The van der Waals surface area contributed by atoms with Crippen LogP contribution in [-0.2, 0) is 6.54 Å². The number of pyridine rings is 1. The first-order valence-electron chi connectivity index (χ1n) is 7.92. The van der Waals surface area contributed by atoms with E-state index in [2.05, 4.69) is 60.2 Å². The molecule has 112 valence electrons. The Bertz CT molecular complexity index is 625. The molecule has 2 unspecified atom stereocenters. The molecule has 2 atom stereocenters. The van der Waals surface area contributed by atoms with Crippen LogP contribution in [0.25, 0.3) is 10.9 Å². The molecule has 21 heavy (non-hydrogen) atoms. The van der Waals surface area contributed by atoms with Gasteiger partial charge in [0.2, 0.25) is 0 Å². The van der Waals surface area contributed by atoms with Crippen molar-refractivity contribution in [1.29, 1.82) is 0 Å². The summed E-state index contributed by atoms with van der Waals surface area (Å²) in [6.07, 6.45) is 3.02. The zero-order valence-electron chi connectivity index (χ0n) is 13.3. The van der Waals surface area contributed by atoms with Crippen LogP contribution in [0.3, 0.4) is 0 Å². The predicted octanol–water partition coefficient (Wildman–Crippen LogP) is 3.20. The molecule has 1 aliphatic heterocycles. The maximum atomic E-state index is 4.40. The van der Waals surface area contributed by atoms with Gasteiger partial charge in [0.15, 0.2) is 0 Å². The van der Waals surface area contributed by atoms with Gasteiger partial charge in [-0.05, 0) is 44.0 Å². The average Bonchev–Trinajstić information content (AvgIpc) is 2.51. The van der Waals surface area contributed by atoms with E-state index in [1.807, 2.05) is 12.3 Å². The van der Waals surface area contributed by atoms with Gasteiger partial charge in [0.25, 0.3) is 0 Å². The van der Waals surface area contributed by atoms with Crippen LogP contribution in [0.4, 0.5) is 0 Å². The smallest absolute Gasteiger partial charge is 0.0702 e. The molecule has 3 nitrogen and oxygen atoms in total. The maximum Gasteiger partial charge on any atom is 0.0702 e. The molecule has 1 saturated heterocycles. The Hall–Kier alpha value is -1.45. The van der Waals surface area contributed by atoms with Crippen LogP contribution in [0.5, 0.6) is 0 Å². The summed E-state index contributed by atoms with van der Waals surface area (Å²) in [6, 6.07) is 11.4. The van der Waals surface area contributed by atoms with Gasteiger partial charge in [0.05, 0.1) is 5.52 Å². The van der Waals surface area contributed by atoms with Crippen molar-refractivity contribution in [2.75, 3.05) is 13.1 Å². The number of piperazine rings is 1. The predicted molar refractivity (Wildman–Crippen MR) is 88.3 cm³/mol. The van der Waals surface area contributed by atoms with Crippen LogP contribution in [0.1, 0.15) is 32.8 Å². The van der Waals surface area contributed by atoms with Crippen molar-refractivity contribution in [3.8, 4) is 0 Å². The number of rotatable bonds is 3. The van der Waals surface area contributed by atoms with E-state index in [1.165, 1.54) is 10.9 Å². The standard InChI is InChI=1S/C18H25N3/c1-4-18(3)13-21(14(2)11-20-18)12-15-7-8-17-16(10-15)6-5-9-19-17/h5-10,14,20H,4,11-13H2,1-3H3. The minimum absolute atomic E-state index is 0.241. The van der Waals surface area contributed by atoms with Gasteiger partial charge in [-0.15, -0.1) is 0 Å². The number of nitrogens with one attached hydrogen (secondary N) is 1. The Kier molecular flexibility index (Phi) is 3.96. The Balaban J connectivity index is 1.80. The molecule has 2 aromatic rings. The zero-order valence-corrected chi connectivity index (χ0v) is 13.3. The fourth-order valence-corrected chi connectivity index (χ4v) is 3.09. The van der Waals surface area contributed by atoms with E-state index in [1.54, 1.807) is 0 Å². The van der Waals surface area contributed by atoms with Gasteiger partial charge in [-0.3, -0.25) is 9.88 Å². The number of hydrogen-bond acceptors (Lipinski definition) is 3. The highest BCUT2D eigenvalue weighted by atomic mass is 15.2. The highest BCUT2D eigenvalue weighted by molar-refractivity contribution is 5.78. The second-order valence-corrected chi connectivity index (χ2v) is 6.58. The number of nitrogens with zero attached hydrogens (tertiary/aromatic N) is 2. The van der Waals surface area contributed by atoms with Gasteiger partial charge in [0, 0.05) is 42.8 Å². The van der Waals surface area contributed by atoms with E-state index in [9.17, 15) is 0 Å². The van der Waals surface area contributed by atoms with Crippen LogP contribution < -0.4 is 5.32 Å². The summed E-state index contributed by atoms with van der Waals surface area (Å²) >= 11 is 0. The Labute approximate surface area is 127 Å². The lowest BCUT2D eigenvalue weighted by Gasteiger charge is -2.45. The third-order valence-electron chi connectivity index (χ3n) is 4.83. The van der Waals surface area contributed by atoms with E-state index in [4.69, 9.17) is 0 Å². The van der Waals surface area contributed by atoms with Crippen molar-refractivity contribution in [1.82, 2.24) is 15.2 Å². The molecule has 1 N–H and O–H groups in total. The van der Waals surface area contributed by atoms with Gasteiger partial charge < -0.3 is 5.32 Å². The SMILES string of the molecule is CCC1(C)CN(Cc2ccc3ncccc3c2)C(C)CN1. The quantitative estimate of drug-likeness (QED) is 0.937. The molecule has 0 radical (unpaired) electrons. The van der Waals surface area contributed by atoms with Crippen molar-refractivity contribution in [3.63, 3.8) is 0 Å². The van der Waals surface area contributed by atoms with E-state index < -0.39 is 0 Å². The van der Waals surface area contributed by atoms with Gasteiger partial charge in [-0.2, -0.15) is 0 Å². The normalized spacial score (nSPS) is 27.1. The first kappa shape index (κ1) is 14.5. The van der Waals surface area contributed by atoms with Gasteiger partial charge in [-0.1, -0.05) is 19.1 Å². The summed E-state index contributed by atoms with van der Waals surface area (Å²) in [7, 11) is 0. The van der Waals surface area contributed by atoms with E-state index >= 15 is 0 Å². The lowest BCUT2D eigenvalue weighted by molar-refractivity contribution is 0.0866. The number of fused-ring (bicyclic) bond motifs is 1.